The van der Waals surface area contributed by atoms with E-state index in [0.717, 1.165) is 18.5 Å². The van der Waals surface area contributed by atoms with Gasteiger partial charge in [0, 0.05) is 23.4 Å². The Labute approximate surface area is 157 Å². The van der Waals surface area contributed by atoms with Crippen molar-refractivity contribution in [2.75, 3.05) is 20.8 Å². The molecule has 0 aliphatic carbocycles. The Morgan fingerprint density at radius 2 is 1.81 bits per heavy atom. The van der Waals surface area contributed by atoms with Gasteiger partial charge in [0.1, 0.15) is 11.5 Å². The summed E-state index contributed by atoms with van der Waals surface area (Å²) in [5.74, 6) is 0.446. The summed E-state index contributed by atoms with van der Waals surface area (Å²) in [7, 11) is 2.95. The Bertz CT molecular complexity index is 725. The summed E-state index contributed by atoms with van der Waals surface area (Å²) in [6.07, 6.45) is -2.86. The lowest BCUT2D eigenvalue weighted by Gasteiger charge is -2.36. The maximum absolute atomic E-state index is 12.5. The second-order valence-corrected chi connectivity index (χ2v) is 6.15. The zero-order valence-electron chi connectivity index (χ0n) is 16.2. The summed E-state index contributed by atoms with van der Waals surface area (Å²) in [4.78, 5) is 6.76. The number of hydrogen-bond donors (Lipinski definition) is 0. The van der Waals surface area contributed by atoms with Crippen LogP contribution in [0.25, 0.3) is 5.70 Å². The predicted molar refractivity (Wildman–Crippen MR) is 97.8 cm³/mol. The molecule has 5 nitrogen and oxygen atoms in total. The summed E-state index contributed by atoms with van der Waals surface area (Å²) >= 11 is 0. The first-order chi connectivity index (χ1) is 12.7. The van der Waals surface area contributed by atoms with Crippen molar-refractivity contribution >= 4 is 11.6 Å². The summed E-state index contributed by atoms with van der Waals surface area (Å²) in [5, 5.41) is 0. The van der Waals surface area contributed by atoms with E-state index in [9.17, 15) is 13.2 Å². The van der Waals surface area contributed by atoms with E-state index in [2.05, 4.69) is 28.5 Å². The molecule has 1 aromatic rings. The van der Waals surface area contributed by atoms with Gasteiger partial charge in [-0.05, 0) is 31.9 Å². The lowest BCUT2D eigenvalue weighted by Crippen LogP contribution is -2.40. The zero-order valence-corrected chi connectivity index (χ0v) is 16.2. The van der Waals surface area contributed by atoms with Gasteiger partial charge >= 0.3 is 6.36 Å². The number of rotatable bonds is 6. The fourth-order valence-corrected chi connectivity index (χ4v) is 3.20. The van der Waals surface area contributed by atoms with E-state index in [1.54, 1.807) is 7.11 Å². The molecule has 0 saturated carbocycles. The van der Waals surface area contributed by atoms with Crippen molar-refractivity contribution in [2.24, 2.45) is 4.99 Å². The van der Waals surface area contributed by atoms with E-state index in [-0.39, 0.29) is 11.5 Å². The molecule has 0 radical (unpaired) electrons. The van der Waals surface area contributed by atoms with Crippen molar-refractivity contribution in [3.63, 3.8) is 0 Å². The minimum atomic E-state index is -4.76. The molecule has 0 saturated heterocycles. The van der Waals surface area contributed by atoms with Gasteiger partial charge in [0.05, 0.1) is 26.5 Å². The molecule has 1 aliphatic rings. The van der Waals surface area contributed by atoms with Crippen LogP contribution < -0.4 is 9.47 Å². The van der Waals surface area contributed by atoms with Gasteiger partial charge in [-0.3, -0.25) is 0 Å². The lowest BCUT2D eigenvalue weighted by molar-refractivity contribution is -0.274. The molecule has 8 heteroatoms. The number of methoxy groups -OCH3 is 2. The molecule has 0 unspecified atom stereocenters. The van der Waals surface area contributed by atoms with Crippen LogP contribution in [0.1, 0.15) is 39.2 Å². The minimum Gasteiger partial charge on any atom is -0.496 e. The molecule has 1 aromatic carbocycles. The van der Waals surface area contributed by atoms with Crippen LogP contribution >= 0.6 is 0 Å². The number of ether oxygens (including phenoxy) is 3. The molecule has 2 rings (SSSR count). The Morgan fingerprint density at radius 3 is 2.33 bits per heavy atom. The fourth-order valence-electron chi connectivity index (χ4n) is 3.20. The molecule has 1 aliphatic heterocycles. The van der Waals surface area contributed by atoms with Gasteiger partial charge in [-0.25, -0.2) is 4.99 Å². The number of alkyl halides is 3. The quantitative estimate of drug-likeness (QED) is 0.702. The van der Waals surface area contributed by atoms with Gasteiger partial charge in [-0.15, -0.1) is 13.2 Å². The maximum atomic E-state index is 12.5. The summed E-state index contributed by atoms with van der Waals surface area (Å²) < 4.78 is 52.2. The largest absolute Gasteiger partial charge is 0.573 e. The molecule has 0 bridgehead atoms. The molecule has 27 heavy (non-hydrogen) atoms. The van der Waals surface area contributed by atoms with Gasteiger partial charge in [-0.2, -0.15) is 0 Å². The molecule has 0 fully saturated rings. The van der Waals surface area contributed by atoms with Gasteiger partial charge in [0.25, 0.3) is 0 Å². The highest BCUT2D eigenvalue weighted by Gasteiger charge is 2.32. The number of aliphatic imine (C=N–C) groups is 1. The first kappa shape index (κ1) is 20.9. The van der Waals surface area contributed by atoms with Crippen molar-refractivity contribution in [1.29, 1.82) is 0 Å². The van der Waals surface area contributed by atoms with Crippen LogP contribution in [0.2, 0.25) is 0 Å². The van der Waals surface area contributed by atoms with Gasteiger partial charge < -0.3 is 19.1 Å². The SMILES string of the molecule is CCC(CC)N1CC(OC)=NC(c2ccc(OC(F)(F)F)cc2OC)=C1C. The molecular weight excluding hydrogens is 361 g/mol. The van der Waals surface area contributed by atoms with Crippen molar-refractivity contribution in [3.8, 4) is 11.5 Å². The normalized spacial score (nSPS) is 15.1. The standard InChI is InChI=1S/C19H25F3N2O3/c1-6-13(7-2)24-11-17(26-5)23-18(12(24)3)15-9-8-14(10-16(15)25-4)27-19(20,21)22/h8-10,13H,6-7,11H2,1-5H3. The second-order valence-electron chi connectivity index (χ2n) is 6.15. The molecule has 1 heterocycles. The Balaban J connectivity index is 2.52. The monoisotopic (exact) mass is 386 g/mol. The van der Waals surface area contributed by atoms with Crippen molar-refractivity contribution in [1.82, 2.24) is 4.90 Å². The second kappa shape index (κ2) is 8.54. The third-order valence-corrected chi connectivity index (χ3v) is 4.60. The lowest BCUT2D eigenvalue weighted by atomic mass is 10.0. The van der Waals surface area contributed by atoms with Gasteiger partial charge in [0.2, 0.25) is 5.90 Å². The van der Waals surface area contributed by atoms with Crippen LogP contribution in [-0.4, -0.2) is 44.0 Å². The van der Waals surface area contributed by atoms with Crippen LogP contribution in [0.5, 0.6) is 11.5 Å². The Morgan fingerprint density at radius 1 is 1.15 bits per heavy atom. The Hall–Kier alpha value is -2.38. The van der Waals surface area contributed by atoms with Crippen LogP contribution in [-0.2, 0) is 4.74 Å². The number of halogens is 3. The van der Waals surface area contributed by atoms with Crippen LogP contribution in [0, 0.1) is 0 Å². The minimum absolute atomic E-state index is 0.247. The molecule has 0 aromatic heterocycles. The number of nitrogens with zero attached hydrogens (tertiary/aromatic N) is 2. The molecular formula is C19H25F3N2O3. The van der Waals surface area contributed by atoms with E-state index >= 15 is 0 Å². The van der Waals surface area contributed by atoms with Gasteiger partial charge in [-0.1, -0.05) is 13.8 Å². The fraction of sp³-hybridized carbons (Fsp3) is 0.526. The van der Waals surface area contributed by atoms with E-state index in [1.807, 2.05) is 6.92 Å². The third-order valence-electron chi connectivity index (χ3n) is 4.60. The zero-order chi connectivity index (χ0) is 20.2. The Kier molecular flexibility index (Phi) is 6.62. The van der Waals surface area contributed by atoms with Crippen molar-refractivity contribution in [2.45, 2.75) is 46.0 Å². The van der Waals surface area contributed by atoms with Crippen LogP contribution in [0.3, 0.4) is 0 Å². The van der Waals surface area contributed by atoms with E-state index in [0.29, 0.717) is 29.7 Å². The molecule has 0 amide bonds. The first-order valence-electron chi connectivity index (χ1n) is 8.77. The third kappa shape index (κ3) is 4.87. The summed E-state index contributed by atoms with van der Waals surface area (Å²) in [5.41, 5.74) is 2.11. The maximum Gasteiger partial charge on any atom is 0.573 e. The molecule has 0 N–H and O–H groups in total. The van der Waals surface area contributed by atoms with E-state index in [4.69, 9.17) is 9.47 Å². The number of allylic oxidation sites excluding steroid dienone is 1. The van der Waals surface area contributed by atoms with E-state index in [1.165, 1.54) is 25.3 Å². The highest BCUT2D eigenvalue weighted by Crippen LogP contribution is 2.37. The number of benzene rings is 1. The predicted octanol–water partition coefficient (Wildman–Crippen LogP) is 4.83. The topological polar surface area (TPSA) is 43.3 Å². The van der Waals surface area contributed by atoms with Crippen molar-refractivity contribution in [3.05, 3.63) is 29.5 Å². The van der Waals surface area contributed by atoms with Gasteiger partial charge in [0.15, 0.2) is 0 Å². The summed E-state index contributed by atoms with van der Waals surface area (Å²) in [6.45, 7) is 6.73. The average molecular weight is 386 g/mol. The van der Waals surface area contributed by atoms with Crippen LogP contribution in [0.4, 0.5) is 13.2 Å². The molecule has 150 valence electrons. The smallest absolute Gasteiger partial charge is 0.496 e. The highest BCUT2D eigenvalue weighted by atomic mass is 19.4. The molecule has 0 atom stereocenters. The molecule has 0 spiro atoms. The highest BCUT2D eigenvalue weighted by molar-refractivity contribution is 5.89. The van der Waals surface area contributed by atoms with Crippen LogP contribution in [0.15, 0.2) is 28.9 Å². The number of hydrogen-bond acceptors (Lipinski definition) is 5. The first-order valence-corrected chi connectivity index (χ1v) is 8.77. The average Bonchev–Trinajstić information content (AvgIpc) is 2.62. The summed E-state index contributed by atoms with van der Waals surface area (Å²) in [6, 6.07) is 4.29. The van der Waals surface area contributed by atoms with Crippen molar-refractivity contribution < 1.29 is 27.4 Å². The van der Waals surface area contributed by atoms with E-state index < -0.39 is 6.36 Å².